The molecule has 0 saturated carbocycles. The van der Waals surface area contributed by atoms with Crippen LogP contribution in [-0.2, 0) is 21.5 Å². The standard InChI is InChI=1S/C15H22N2O4S/c1-2-16(12-13-8-4-3-5-9-13)22(20,21)17-11-7-6-10-14(17)15(18)19/h3-5,8-9,14H,2,6-7,10-12H2,1H3,(H,18,19). The van der Waals surface area contributed by atoms with E-state index >= 15 is 0 Å². The third-order valence-electron chi connectivity index (χ3n) is 3.92. The first kappa shape index (κ1) is 16.9. The van der Waals surface area contributed by atoms with Gasteiger partial charge in [-0.1, -0.05) is 37.3 Å². The van der Waals surface area contributed by atoms with Crippen LogP contribution in [0.3, 0.4) is 0 Å². The molecule has 1 N–H and O–H groups in total. The lowest BCUT2D eigenvalue weighted by Gasteiger charge is -2.35. The van der Waals surface area contributed by atoms with Crippen LogP contribution in [0.25, 0.3) is 0 Å². The van der Waals surface area contributed by atoms with Crippen molar-refractivity contribution in [2.45, 2.75) is 38.8 Å². The molecule has 1 aliphatic rings. The van der Waals surface area contributed by atoms with Gasteiger partial charge in [-0.05, 0) is 24.8 Å². The van der Waals surface area contributed by atoms with Gasteiger partial charge in [0.1, 0.15) is 6.04 Å². The Morgan fingerprint density at radius 3 is 2.59 bits per heavy atom. The molecule has 22 heavy (non-hydrogen) atoms. The highest BCUT2D eigenvalue weighted by atomic mass is 32.2. The second-order valence-electron chi connectivity index (χ2n) is 5.38. The molecular formula is C15H22N2O4S. The quantitative estimate of drug-likeness (QED) is 0.863. The molecule has 1 aromatic carbocycles. The second kappa shape index (κ2) is 7.21. The van der Waals surface area contributed by atoms with E-state index in [1.165, 1.54) is 4.31 Å². The van der Waals surface area contributed by atoms with Crippen molar-refractivity contribution in [3.05, 3.63) is 35.9 Å². The van der Waals surface area contributed by atoms with E-state index in [1.807, 2.05) is 30.3 Å². The lowest BCUT2D eigenvalue weighted by molar-refractivity contribution is -0.142. The first-order valence-electron chi connectivity index (χ1n) is 7.50. The molecule has 0 aliphatic carbocycles. The minimum atomic E-state index is -3.78. The number of carboxylic acid groups (broad SMARTS) is 1. The number of hydrogen-bond donors (Lipinski definition) is 1. The van der Waals surface area contributed by atoms with Crippen LogP contribution >= 0.6 is 0 Å². The maximum Gasteiger partial charge on any atom is 0.322 e. The topological polar surface area (TPSA) is 77.9 Å². The molecule has 0 bridgehead atoms. The summed E-state index contributed by atoms with van der Waals surface area (Å²) >= 11 is 0. The summed E-state index contributed by atoms with van der Waals surface area (Å²) in [6.45, 7) is 2.59. The van der Waals surface area contributed by atoms with Crippen LogP contribution in [0.2, 0.25) is 0 Å². The summed E-state index contributed by atoms with van der Waals surface area (Å²) in [5.41, 5.74) is 0.886. The first-order valence-corrected chi connectivity index (χ1v) is 8.90. The molecule has 1 heterocycles. The highest BCUT2D eigenvalue weighted by Crippen LogP contribution is 2.24. The highest BCUT2D eigenvalue weighted by Gasteiger charge is 2.39. The van der Waals surface area contributed by atoms with E-state index in [0.29, 0.717) is 19.4 Å². The van der Waals surface area contributed by atoms with Gasteiger partial charge >= 0.3 is 5.97 Å². The molecule has 0 spiro atoms. The summed E-state index contributed by atoms with van der Waals surface area (Å²) < 4.78 is 28.1. The van der Waals surface area contributed by atoms with Gasteiger partial charge in [-0.2, -0.15) is 17.0 Å². The number of nitrogens with zero attached hydrogens (tertiary/aromatic N) is 2. The SMILES string of the molecule is CCN(Cc1ccccc1)S(=O)(=O)N1CCCCC1C(=O)O. The Morgan fingerprint density at radius 1 is 1.32 bits per heavy atom. The summed E-state index contributed by atoms with van der Waals surface area (Å²) in [5.74, 6) is -1.07. The van der Waals surface area contributed by atoms with Crippen LogP contribution < -0.4 is 0 Å². The average Bonchev–Trinajstić information content (AvgIpc) is 2.53. The predicted molar refractivity (Wildman–Crippen MR) is 83.4 cm³/mol. The fourth-order valence-corrected chi connectivity index (χ4v) is 4.53. The van der Waals surface area contributed by atoms with Gasteiger partial charge in [-0.25, -0.2) is 0 Å². The Morgan fingerprint density at radius 2 is 2.00 bits per heavy atom. The Balaban J connectivity index is 2.23. The van der Waals surface area contributed by atoms with Crippen molar-refractivity contribution in [2.75, 3.05) is 13.1 Å². The molecule has 1 unspecified atom stereocenters. The smallest absolute Gasteiger partial charge is 0.322 e. The van der Waals surface area contributed by atoms with Crippen molar-refractivity contribution in [2.24, 2.45) is 0 Å². The van der Waals surface area contributed by atoms with E-state index in [0.717, 1.165) is 16.3 Å². The summed E-state index contributed by atoms with van der Waals surface area (Å²) in [6, 6.07) is 8.36. The maximum atomic E-state index is 12.8. The molecule has 0 amide bonds. The van der Waals surface area contributed by atoms with Crippen LogP contribution in [0, 0.1) is 0 Å². The molecular weight excluding hydrogens is 304 g/mol. The Labute approximate surface area is 131 Å². The summed E-state index contributed by atoms with van der Waals surface area (Å²) in [6.07, 6.45) is 1.82. The zero-order valence-electron chi connectivity index (χ0n) is 12.7. The van der Waals surface area contributed by atoms with E-state index in [-0.39, 0.29) is 13.1 Å². The third kappa shape index (κ3) is 3.66. The number of piperidine rings is 1. The Hall–Kier alpha value is -1.44. The first-order chi connectivity index (χ1) is 10.5. The molecule has 0 aromatic heterocycles. The fraction of sp³-hybridized carbons (Fsp3) is 0.533. The van der Waals surface area contributed by atoms with Gasteiger partial charge in [0.2, 0.25) is 0 Å². The zero-order valence-corrected chi connectivity index (χ0v) is 13.5. The number of hydrogen-bond acceptors (Lipinski definition) is 3. The zero-order chi connectivity index (χ0) is 16.2. The third-order valence-corrected chi connectivity index (χ3v) is 5.99. The average molecular weight is 326 g/mol. The van der Waals surface area contributed by atoms with Crippen molar-refractivity contribution < 1.29 is 18.3 Å². The molecule has 7 heteroatoms. The predicted octanol–water partition coefficient (Wildman–Crippen LogP) is 1.69. The summed E-state index contributed by atoms with van der Waals surface area (Å²) in [7, 11) is -3.78. The Bertz CT molecular complexity index is 603. The van der Waals surface area contributed by atoms with Crippen LogP contribution in [0.4, 0.5) is 0 Å². The lowest BCUT2D eigenvalue weighted by Crippen LogP contribution is -2.53. The van der Waals surface area contributed by atoms with Gasteiger partial charge in [0.25, 0.3) is 10.2 Å². The molecule has 1 aromatic rings. The molecule has 1 atom stereocenters. The van der Waals surface area contributed by atoms with Gasteiger partial charge in [0.05, 0.1) is 0 Å². The largest absolute Gasteiger partial charge is 0.480 e. The monoisotopic (exact) mass is 326 g/mol. The van der Waals surface area contributed by atoms with Crippen molar-refractivity contribution >= 4 is 16.2 Å². The maximum absolute atomic E-state index is 12.8. The molecule has 122 valence electrons. The second-order valence-corrected chi connectivity index (χ2v) is 7.26. The van der Waals surface area contributed by atoms with Crippen molar-refractivity contribution in [3.8, 4) is 0 Å². The van der Waals surface area contributed by atoms with E-state index in [1.54, 1.807) is 6.92 Å². The van der Waals surface area contributed by atoms with Gasteiger partial charge in [-0.15, -0.1) is 0 Å². The van der Waals surface area contributed by atoms with Crippen LogP contribution in [0.15, 0.2) is 30.3 Å². The highest BCUT2D eigenvalue weighted by molar-refractivity contribution is 7.86. The van der Waals surface area contributed by atoms with Gasteiger partial charge in [0, 0.05) is 19.6 Å². The number of rotatable bonds is 6. The molecule has 0 radical (unpaired) electrons. The number of carbonyl (C=O) groups is 1. The molecule has 1 aliphatic heterocycles. The van der Waals surface area contributed by atoms with Crippen molar-refractivity contribution in [1.82, 2.24) is 8.61 Å². The number of carboxylic acids is 1. The van der Waals surface area contributed by atoms with Crippen molar-refractivity contribution in [3.63, 3.8) is 0 Å². The molecule has 2 rings (SSSR count). The van der Waals surface area contributed by atoms with Gasteiger partial charge < -0.3 is 5.11 Å². The fourth-order valence-electron chi connectivity index (χ4n) is 2.72. The number of aliphatic carboxylic acids is 1. The number of benzene rings is 1. The van der Waals surface area contributed by atoms with E-state index in [4.69, 9.17) is 0 Å². The lowest BCUT2D eigenvalue weighted by atomic mass is 10.1. The minimum Gasteiger partial charge on any atom is -0.480 e. The van der Waals surface area contributed by atoms with Crippen molar-refractivity contribution in [1.29, 1.82) is 0 Å². The van der Waals surface area contributed by atoms with Crippen LogP contribution in [0.1, 0.15) is 31.7 Å². The van der Waals surface area contributed by atoms with Gasteiger partial charge in [0.15, 0.2) is 0 Å². The van der Waals surface area contributed by atoms with E-state index in [9.17, 15) is 18.3 Å². The molecule has 6 nitrogen and oxygen atoms in total. The van der Waals surface area contributed by atoms with Gasteiger partial charge in [-0.3, -0.25) is 4.79 Å². The summed E-state index contributed by atoms with van der Waals surface area (Å²) in [5, 5.41) is 9.29. The van der Waals surface area contributed by atoms with Crippen LogP contribution in [-0.4, -0.2) is 47.2 Å². The molecule has 1 fully saturated rings. The summed E-state index contributed by atoms with van der Waals surface area (Å²) in [4.78, 5) is 11.4. The van der Waals surface area contributed by atoms with E-state index < -0.39 is 22.2 Å². The van der Waals surface area contributed by atoms with Crippen LogP contribution in [0.5, 0.6) is 0 Å². The van der Waals surface area contributed by atoms with E-state index in [2.05, 4.69) is 0 Å². The normalized spacial score (nSPS) is 20.2. The molecule has 1 saturated heterocycles. The minimum absolute atomic E-state index is 0.252. The Kier molecular flexibility index (Phi) is 5.55.